The third-order valence-corrected chi connectivity index (χ3v) is 5.57. The molecule has 5 nitrogen and oxygen atoms in total. The average molecular weight is 415 g/mol. The van der Waals surface area contributed by atoms with E-state index in [-0.39, 0.29) is 11.7 Å². The third-order valence-electron chi connectivity index (χ3n) is 4.01. The zero-order valence-electron chi connectivity index (χ0n) is 15.7. The predicted octanol–water partition coefficient (Wildman–Crippen LogP) is 5.38. The van der Waals surface area contributed by atoms with E-state index in [4.69, 9.17) is 16.3 Å². The van der Waals surface area contributed by atoms with Gasteiger partial charge < -0.3 is 10.1 Å². The molecule has 0 saturated carbocycles. The summed E-state index contributed by atoms with van der Waals surface area (Å²) in [6.45, 7) is 5.05. The van der Waals surface area contributed by atoms with Gasteiger partial charge in [-0.3, -0.25) is 9.59 Å². The SMILES string of the molecule is CC(=O)c1sc(-c2ccc(O[C@@H](C)C(=O)Nc3ccc(Cl)cc3)cc2)nc1C. The van der Waals surface area contributed by atoms with Crippen molar-refractivity contribution >= 4 is 40.3 Å². The Morgan fingerprint density at radius 1 is 1.11 bits per heavy atom. The van der Waals surface area contributed by atoms with Gasteiger partial charge in [0.2, 0.25) is 0 Å². The summed E-state index contributed by atoms with van der Waals surface area (Å²) in [4.78, 5) is 29.0. The average Bonchev–Trinajstić information content (AvgIpc) is 3.06. The van der Waals surface area contributed by atoms with E-state index >= 15 is 0 Å². The highest BCUT2D eigenvalue weighted by Gasteiger charge is 2.16. The molecule has 7 heteroatoms. The molecule has 1 N–H and O–H groups in total. The van der Waals surface area contributed by atoms with Crippen LogP contribution in [0.2, 0.25) is 5.02 Å². The first-order chi connectivity index (χ1) is 13.3. The molecule has 0 aliphatic heterocycles. The zero-order chi connectivity index (χ0) is 20.3. The number of halogens is 1. The number of nitrogens with one attached hydrogen (secondary N) is 1. The lowest BCUT2D eigenvalue weighted by Gasteiger charge is -2.15. The van der Waals surface area contributed by atoms with Gasteiger partial charge in [0.25, 0.3) is 5.91 Å². The lowest BCUT2D eigenvalue weighted by molar-refractivity contribution is -0.122. The molecule has 1 amide bonds. The first-order valence-corrected chi connectivity index (χ1v) is 9.85. The summed E-state index contributed by atoms with van der Waals surface area (Å²) in [6, 6.07) is 14.2. The fourth-order valence-corrected chi connectivity index (χ4v) is 3.65. The quantitative estimate of drug-likeness (QED) is 0.550. The number of anilines is 1. The summed E-state index contributed by atoms with van der Waals surface area (Å²) in [6.07, 6.45) is -0.673. The molecule has 144 valence electrons. The number of Topliss-reactive ketones (excluding diaryl/α,β-unsaturated/α-hetero) is 1. The zero-order valence-corrected chi connectivity index (χ0v) is 17.2. The molecule has 0 bridgehead atoms. The van der Waals surface area contributed by atoms with E-state index in [9.17, 15) is 9.59 Å². The van der Waals surface area contributed by atoms with Crippen LogP contribution < -0.4 is 10.1 Å². The molecule has 0 aliphatic rings. The molecule has 0 aliphatic carbocycles. The summed E-state index contributed by atoms with van der Waals surface area (Å²) in [5.74, 6) is 0.331. The topological polar surface area (TPSA) is 68.3 Å². The van der Waals surface area contributed by atoms with E-state index in [0.717, 1.165) is 16.3 Å². The maximum Gasteiger partial charge on any atom is 0.265 e. The normalized spacial score (nSPS) is 11.7. The van der Waals surface area contributed by atoms with Crippen LogP contribution in [0.3, 0.4) is 0 Å². The number of aryl methyl sites for hydroxylation is 1. The Labute approximate surface area is 172 Å². The summed E-state index contributed by atoms with van der Waals surface area (Å²) in [7, 11) is 0. The van der Waals surface area contributed by atoms with Gasteiger partial charge in [-0.2, -0.15) is 0 Å². The molecule has 0 fully saturated rings. The number of hydrogen-bond donors (Lipinski definition) is 1. The van der Waals surface area contributed by atoms with Crippen molar-refractivity contribution < 1.29 is 14.3 Å². The minimum absolute atomic E-state index is 0.0155. The molecule has 0 saturated heterocycles. The van der Waals surface area contributed by atoms with Crippen LogP contribution in [0.1, 0.15) is 29.2 Å². The van der Waals surface area contributed by atoms with E-state index in [1.54, 1.807) is 43.3 Å². The number of carbonyl (C=O) groups excluding carboxylic acids is 2. The Hall–Kier alpha value is -2.70. The van der Waals surface area contributed by atoms with Gasteiger partial charge in [-0.05, 0) is 62.4 Å². The van der Waals surface area contributed by atoms with Crippen molar-refractivity contribution in [1.82, 2.24) is 4.98 Å². The fourth-order valence-electron chi connectivity index (χ4n) is 2.56. The Morgan fingerprint density at radius 3 is 2.32 bits per heavy atom. The maximum atomic E-state index is 12.3. The third kappa shape index (κ3) is 4.77. The first-order valence-electron chi connectivity index (χ1n) is 8.65. The van der Waals surface area contributed by atoms with Crippen molar-refractivity contribution in [2.75, 3.05) is 5.32 Å². The standard InChI is InChI=1S/C21H19ClN2O3S/c1-12-19(13(2)25)28-21(23-12)15-4-10-18(11-5-15)27-14(3)20(26)24-17-8-6-16(22)7-9-17/h4-11,14H,1-3H3,(H,24,26)/t14-/m0/s1. The van der Waals surface area contributed by atoms with Crippen LogP contribution in [0.15, 0.2) is 48.5 Å². The van der Waals surface area contributed by atoms with Crippen LogP contribution in [0.4, 0.5) is 5.69 Å². The van der Waals surface area contributed by atoms with Gasteiger partial charge in [0.15, 0.2) is 11.9 Å². The summed E-state index contributed by atoms with van der Waals surface area (Å²) in [5.41, 5.74) is 2.28. The number of aromatic nitrogens is 1. The van der Waals surface area contributed by atoms with Gasteiger partial charge in [0, 0.05) is 23.2 Å². The van der Waals surface area contributed by atoms with Crippen molar-refractivity contribution in [3.05, 3.63) is 64.1 Å². The van der Waals surface area contributed by atoms with Crippen LogP contribution in [0.5, 0.6) is 5.75 Å². The van der Waals surface area contributed by atoms with E-state index in [2.05, 4.69) is 10.3 Å². The van der Waals surface area contributed by atoms with Crippen molar-refractivity contribution in [3.8, 4) is 16.3 Å². The lowest BCUT2D eigenvalue weighted by Crippen LogP contribution is -2.30. The van der Waals surface area contributed by atoms with Crippen LogP contribution in [-0.4, -0.2) is 22.8 Å². The second kappa shape index (κ2) is 8.54. The number of benzene rings is 2. The molecule has 0 unspecified atom stereocenters. The highest BCUT2D eigenvalue weighted by Crippen LogP contribution is 2.29. The number of hydrogen-bond acceptors (Lipinski definition) is 5. The molecular formula is C21H19ClN2O3S. The van der Waals surface area contributed by atoms with Crippen LogP contribution >= 0.6 is 22.9 Å². The molecule has 1 atom stereocenters. The Morgan fingerprint density at radius 2 is 1.75 bits per heavy atom. The summed E-state index contributed by atoms with van der Waals surface area (Å²) < 4.78 is 5.72. The van der Waals surface area contributed by atoms with E-state index in [1.807, 2.05) is 19.1 Å². The minimum Gasteiger partial charge on any atom is -0.481 e. The molecule has 1 heterocycles. The first kappa shape index (κ1) is 20.0. The Kier molecular flexibility index (Phi) is 6.11. The number of nitrogens with zero attached hydrogens (tertiary/aromatic N) is 1. The van der Waals surface area contributed by atoms with Gasteiger partial charge in [-0.15, -0.1) is 11.3 Å². The lowest BCUT2D eigenvalue weighted by atomic mass is 10.2. The van der Waals surface area contributed by atoms with E-state index in [1.165, 1.54) is 18.3 Å². The number of amides is 1. The van der Waals surface area contributed by atoms with Crippen LogP contribution in [-0.2, 0) is 4.79 Å². The molecule has 28 heavy (non-hydrogen) atoms. The second-order valence-electron chi connectivity index (χ2n) is 6.27. The Bertz CT molecular complexity index is 997. The van der Waals surface area contributed by atoms with Gasteiger partial charge >= 0.3 is 0 Å². The smallest absolute Gasteiger partial charge is 0.265 e. The molecule has 2 aromatic carbocycles. The van der Waals surface area contributed by atoms with Gasteiger partial charge in [-0.1, -0.05) is 11.6 Å². The summed E-state index contributed by atoms with van der Waals surface area (Å²) >= 11 is 7.22. The largest absolute Gasteiger partial charge is 0.481 e. The minimum atomic E-state index is -0.673. The number of ketones is 1. The molecule has 0 radical (unpaired) electrons. The highest BCUT2D eigenvalue weighted by molar-refractivity contribution is 7.17. The number of carbonyl (C=O) groups is 2. The number of rotatable bonds is 6. The Balaban J connectivity index is 1.64. The number of ether oxygens (including phenoxy) is 1. The fraction of sp³-hybridized carbons (Fsp3) is 0.190. The van der Waals surface area contributed by atoms with Crippen LogP contribution in [0.25, 0.3) is 10.6 Å². The molecular weight excluding hydrogens is 396 g/mol. The van der Waals surface area contributed by atoms with Crippen molar-refractivity contribution in [2.24, 2.45) is 0 Å². The van der Waals surface area contributed by atoms with Crippen molar-refractivity contribution in [3.63, 3.8) is 0 Å². The highest BCUT2D eigenvalue weighted by atomic mass is 35.5. The van der Waals surface area contributed by atoms with Gasteiger partial charge in [-0.25, -0.2) is 4.98 Å². The predicted molar refractivity (Wildman–Crippen MR) is 112 cm³/mol. The summed E-state index contributed by atoms with van der Waals surface area (Å²) in [5, 5.41) is 4.17. The number of thiazole rings is 1. The molecule has 0 spiro atoms. The monoisotopic (exact) mass is 414 g/mol. The molecule has 3 rings (SSSR count). The molecule has 1 aromatic heterocycles. The van der Waals surface area contributed by atoms with Gasteiger partial charge in [0.1, 0.15) is 10.8 Å². The second-order valence-corrected chi connectivity index (χ2v) is 7.71. The van der Waals surface area contributed by atoms with Gasteiger partial charge in [0.05, 0.1) is 10.6 Å². The maximum absolute atomic E-state index is 12.3. The van der Waals surface area contributed by atoms with E-state index < -0.39 is 6.10 Å². The van der Waals surface area contributed by atoms with Crippen molar-refractivity contribution in [2.45, 2.75) is 26.9 Å². The van der Waals surface area contributed by atoms with Crippen LogP contribution in [0, 0.1) is 6.92 Å². The van der Waals surface area contributed by atoms with Crippen molar-refractivity contribution in [1.29, 1.82) is 0 Å². The molecule has 3 aromatic rings. The van der Waals surface area contributed by atoms with E-state index in [0.29, 0.717) is 21.3 Å².